The van der Waals surface area contributed by atoms with E-state index in [4.69, 9.17) is 40.2 Å². The molecule has 2 aromatic carbocycles. The smallest absolute Gasteiger partial charge is 0.257 e. The highest BCUT2D eigenvalue weighted by molar-refractivity contribution is 7.80. The van der Waals surface area contributed by atoms with Gasteiger partial charge in [0.15, 0.2) is 5.11 Å². The Kier molecular flexibility index (Phi) is 6.32. The SMILES string of the molecule is O=C(NC(=S)Nc1ccccc1N1CCOCC1)c1ccc(Cl)c(Cl)c1. The number of thiocarbonyl (C=S) groups is 1. The van der Waals surface area contributed by atoms with E-state index in [0.717, 1.165) is 24.5 Å². The van der Waals surface area contributed by atoms with Gasteiger partial charge in [0, 0.05) is 18.7 Å². The maximum absolute atomic E-state index is 12.3. The van der Waals surface area contributed by atoms with Gasteiger partial charge in [-0.25, -0.2) is 0 Å². The summed E-state index contributed by atoms with van der Waals surface area (Å²) in [4.78, 5) is 14.5. The summed E-state index contributed by atoms with van der Waals surface area (Å²) in [5.41, 5.74) is 2.22. The van der Waals surface area contributed by atoms with E-state index < -0.39 is 0 Å². The van der Waals surface area contributed by atoms with Crippen LogP contribution < -0.4 is 15.5 Å². The van der Waals surface area contributed by atoms with Crippen molar-refractivity contribution in [3.63, 3.8) is 0 Å². The summed E-state index contributed by atoms with van der Waals surface area (Å²) in [7, 11) is 0. The van der Waals surface area contributed by atoms with Gasteiger partial charge in [0.1, 0.15) is 0 Å². The molecule has 3 rings (SSSR count). The van der Waals surface area contributed by atoms with Gasteiger partial charge in [-0.05, 0) is 42.5 Å². The van der Waals surface area contributed by atoms with E-state index in [9.17, 15) is 4.79 Å². The van der Waals surface area contributed by atoms with Crippen molar-refractivity contribution in [3.05, 3.63) is 58.1 Å². The molecule has 2 N–H and O–H groups in total. The van der Waals surface area contributed by atoms with Gasteiger partial charge in [0.05, 0.1) is 34.6 Å². The van der Waals surface area contributed by atoms with Gasteiger partial charge in [0.2, 0.25) is 0 Å². The number of para-hydroxylation sites is 2. The number of anilines is 2. The molecule has 1 fully saturated rings. The van der Waals surface area contributed by atoms with Crippen molar-refractivity contribution < 1.29 is 9.53 Å². The fourth-order valence-electron chi connectivity index (χ4n) is 2.63. The van der Waals surface area contributed by atoms with Crippen LogP contribution in [0.1, 0.15) is 10.4 Å². The molecule has 0 radical (unpaired) electrons. The summed E-state index contributed by atoms with van der Waals surface area (Å²) in [6.45, 7) is 2.99. The minimum Gasteiger partial charge on any atom is -0.378 e. The minimum absolute atomic E-state index is 0.210. The number of carbonyl (C=O) groups excluding carboxylic acids is 1. The van der Waals surface area contributed by atoms with Crippen LogP contribution >= 0.6 is 35.4 Å². The third-order valence-corrected chi connectivity index (χ3v) is 4.86. The highest BCUT2D eigenvalue weighted by Crippen LogP contribution is 2.26. The van der Waals surface area contributed by atoms with Crippen LogP contribution in [0.2, 0.25) is 10.0 Å². The molecule has 26 heavy (non-hydrogen) atoms. The number of halogens is 2. The molecule has 2 aromatic rings. The molecule has 1 aliphatic heterocycles. The zero-order valence-electron chi connectivity index (χ0n) is 13.8. The topological polar surface area (TPSA) is 53.6 Å². The Bertz CT molecular complexity index is 826. The Morgan fingerprint density at radius 2 is 1.81 bits per heavy atom. The Balaban J connectivity index is 1.68. The van der Waals surface area contributed by atoms with E-state index in [1.54, 1.807) is 12.1 Å². The van der Waals surface area contributed by atoms with Crippen LogP contribution in [-0.4, -0.2) is 37.3 Å². The lowest BCUT2D eigenvalue weighted by Crippen LogP contribution is -2.38. The van der Waals surface area contributed by atoms with E-state index in [1.807, 2.05) is 24.3 Å². The molecule has 136 valence electrons. The van der Waals surface area contributed by atoms with Crippen LogP contribution in [0.15, 0.2) is 42.5 Å². The van der Waals surface area contributed by atoms with Crippen molar-refractivity contribution in [1.82, 2.24) is 5.32 Å². The van der Waals surface area contributed by atoms with Crippen molar-refractivity contribution in [2.75, 3.05) is 36.5 Å². The van der Waals surface area contributed by atoms with E-state index in [-0.39, 0.29) is 11.0 Å². The third kappa shape index (κ3) is 4.65. The predicted octanol–water partition coefficient (Wildman–Crippen LogP) is 3.96. The average molecular weight is 410 g/mol. The minimum atomic E-state index is -0.357. The second kappa shape index (κ2) is 8.68. The number of carbonyl (C=O) groups is 1. The van der Waals surface area contributed by atoms with E-state index >= 15 is 0 Å². The van der Waals surface area contributed by atoms with Crippen LogP contribution in [0, 0.1) is 0 Å². The van der Waals surface area contributed by atoms with Gasteiger partial charge in [0.25, 0.3) is 5.91 Å². The standard InChI is InChI=1S/C18H17Cl2N3O2S/c19-13-6-5-12(11-14(13)20)17(24)22-18(26)21-15-3-1-2-4-16(15)23-7-9-25-10-8-23/h1-6,11H,7-10H2,(H2,21,22,24,26). The first kappa shape index (κ1) is 18.9. The maximum atomic E-state index is 12.3. The van der Waals surface area contributed by atoms with Crippen LogP contribution in [0.3, 0.4) is 0 Å². The average Bonchev–Trinajstić information content (AvgIpc) is 2.65. The number of amides is 1. The lowest BCUT2D eigenvalue weighted by molar-refractivity contribution is 0.0977. The Morgan fingerprint density at radius 3 is 2.54 bits per heavy atom. The molecule has 0 aromatic heterocycles. The van der Waals surface area contributed by atoms with E-state index in [1.165, 1.54) is 6.07 Å². The zero-order chi connectivity index (χ0) is 18.5. The first-order valence-corrected chi connectivity index (χ1v) is 9.20. The van der Waals surface area contributed by atoms with Gasteiger partial charge in [-0.3, -0.25) is 10.1 Å². The summed E-state index contributed by atoms with van der Waals surface area (Å²) in [6.07, 6.45) is 0. The maximum Gasteiger partial charge on any atom is 0.257 e. The summed E-state index contributed by atoms with van der Waals surface area (Å²) in [5, 5.41) is 6.67. The van der Waals surface area contributed by atoms with Gasteiger partial charge in [-0.15, -0.1) is 0 Å². The number of hydrogen-bond acceptors (Lipinski definition) is 4. The third-order valence-electron chi connectivity index (χ3n) is 3.91. The summed E-state index contributed by atoms with van der Waals surface area (Å²) in [6, 6.07) is 12.5. The Labute approximate surface area is 167 Å². The molecular formula is C18H17Cl2N3O2S. The molecule has 0 spiro atoms. The van der Waals surface area contributed by atoms with Gasteiger partial charge >= 0.3 is 0 Å². The Morgan fingerprint density at radius 1 is 1.08 bits per heavy atom. The molecule has 1 saturated heterocycles. The van der Waals surface area contributed by atoms with Crippen LogP contribution in [-0.2, 0) is 4.74 Å². The van der Waals surface area contributed by atoms with Crippen LogP contribution in [0.4, 0.5) is 11.4 Å². The highest BCUT2D eigenvalue weighted by Gasteiger charge is 2.16. The second-order valence-corrected chi connectivity index (χ2v) is 6.88. The zero-order valence-corrected chi connectivity index (χ0v) is 16.1. The molecule has 0 unspecified atom stereocenters. The lowest BCUT2D eigenvalue weighted by atomic mass is 10.2. The summed E-state index contributed by atoms with van der Waals surface area (Å²) < 4.78 is 5.40. The Hall–Kier alpha value is -1.86. The number of rotatable bonds is 3. The van der Waals surface area contributed by atoms with E-state index in [0.29, 0.717) is 28.8 Å². The second-order valence-electron chi connectivity index (χ2n) is 5.65. The van der Waals surface area contributed by atoms with Crippen molar-refractivity contribution >= 4 is 57.8 Å². The van der Waals surface area contributed by atoms with Crippen molar-refractivity contribution in [2.45, 2.75) is 0 Å². The molecule has 5 nitrogen and oxygen atoms in total. The highest BCUT2D eigenvalue weighted by atomic mass is 35.5. The van der Waals surface area contributed by atoms with Gasteiger partial charge in [-0.2, -0.15) is 0 Å². The lowest BCUT2D eigenvalue weighted by Gasteiger charge is -2.30. The largest absolute Gasteiger partial charge is 0.378 e. The normalized spacial score (nSPS) is 14.0. The molecular weight excluding hydrogens is 393 g/mol. The number of nitrogens with one attached hydrogen (secondary N) is 2. The van der Waals surface area contributed by atoms with E-state index in [2.05, 4.69) is 15.5 Å². The molecule has 1 aliphatic rings. The number of hydrogen-bond donors (Lipinski definition) is 2. The number of ether oxygens (including phenoxy) is 1. The van der Waals surface area contributed by atoms with Gasteiger partial charge in [-0.1, -0.05) is 35.3 Å². The number of nitrogens with zero attached hydrogens (tertiary/aromatic N) is 1. The fraction of sp³-hybridized carbons (Fsp3) is 0.222. The molecule has 0 saturated carbocycles. The molecule has 1 heterocycles. The van der Waals surface area contributed by atoms with Crippen molar-refractivity contribution in [1.29, 1.82) is 0 Å². The first-order chi connectivity index (χ1) is 12.5. The molecule has 8 heteroatoms. The molecule has 0 aliphatic carbocycles. The molecule has 0 atom stereocenters. The molecule has 1 amide bonds. The number of morpholine rings is 1. The van der Waals surface area contributed by atoms with Crippen LogP contribution in [0.25, 0.3) is 0 Å². The quantitative estimate of drug-likeness (QED) is 0.751. The monoisotopic (exact) mass is 409 g/mol. The van der Waals surface area contributed by atoms with Crippen LogP contribution in [0.5, 0.6) is 0 Å². The summed E-state index contributed by atoms with van der Waals surface area (Å²) in [5.74, 6) is -0.357. The molecule has 0 bridgehead atoms. The summed E-state index contributed by atoms with van der Waals surface area (Å²) >= 11 is 17.1. The number of benzene rings is 2. The fourth-order valence-corrected chi connectivity index (χ4v) is 3.13. The predicted molar refractivity (Wildman–Crippen MR) is 110 cm³/mol. The van der Waals surface area contributed by atoms with Crippen molar-refractivity contribution in [2.24, 2.45) is 0 Å². The first-order valence-electron chi connectivity index (χ1n) is 8.04. The van der Waals surface area contributed by atoms with Gasteiger partial charge < -0.3 is 15.0 Å². The van der Waals surface area contributed by atoms with Crippen molar-refractivity contribution in [3.8, 4) is 0 Å².